The molecule has 1 fully saturated rings. The molecule has 0 aliphatic carbocycles. The molecule has 1 saturated heterocycles. The van der Waals surface area contributed by atoms with Gasteiger partial charge in [-0.2, -0.15) is 0 Å². The average Bonchev–Trinajstić information content (AvgIpc) is 2.85. The van der Waals surface area contributed by atoms with Crippen molar-refractivity contribution < 1.29 is 14.0 Å². The van der Waals surface area contributed by atoms with Gasteiger partial charge in [0.25, 0.3) is 11.1 Å². The molecule has 0 aromatic heterocycles. The van der Waals surface area contributed by atoms with E-state index in [2.05, 4.69) is 0 Å². The second-order valence-corrected chi connectivity index (χ2v) is 7.39. The Hall–Kier alpha value is -2.31. The van der Waals surface area contributed by atoms with Crippen molar-refractivity contribution in [1.82, 2.24) is 4.90 Å². The number of benzene rings is 2. The van der Waals surface area contributed by atoms with Crippen molar-refractivity contribution in [3.05, 3.63) is 69.3 Å². The van der Waals surface area contributed by atoms with Gasteiger partial charge in [-0.15, -0.1) is 0 Å². The Balaban J connectivity index is 1.79. The van der Waals surface area contributed by atoms with Gasteiger partial charge < -0.3 is 4.90 Å². The van der Waals surface area contributed by atoms with E-state index in [9.17, 15) is 14.0 Å². The Kier molecular flexibility index (Phi) is 5.34. The fraction of sp³-hybridized carbons (Fsp3) is 0.158. The van der Waals surface area contributed by atoms with Crippen molar-refractivity contribution in [3.63, 3.8) is 0 Å². The van der Waals surface area contributed by atoms with E-state index in [1.54, 1.807) is 6.08 Å². The first-order valence-electron chi connectivity index (χ1n) is 7.82. The Morgan fingerprint density at radius 2 is 1.85 bits per heavy atom. The number of halogens is 2. The van der Waals surface area contributed by atoms with Gasteiger partial charge >= 0.3 is 0 Å². The first kappa shape index (κ1) is 18.5. The van der Waals surface area contributed by atoms with Crippen LogP contribution in [-0.2, 0) is 11.3 Å². The molecule has 0 radical (unpaired) electrons. The zero-order chi connectivity index (χ0) is 18.8. The summed E-state index contributed by atoms with van der Waals surface area (Å²) in [5, 5.41) is -0.182. The van der Waals surface area contributed by atoms with Crippen LogP contribution in [-0.4, -0.2) is 30.1 Å². The lowest BCUT2D eigenvalue weighted by molar-refractivity contribution is -0.123. The van der Waals surface area contributed by atoms with Crippen LogP contribution in [0.1, 0.15) is 11.1 Å². The molecule has 2 aromatic rings. The van der Waals surface area contributed by atoms with E-state index < -0.39 is 5.82 Å². The normalized spacial score (nSPS) is 15.8. The Morgan fingerprint density at radius 1 is 1.15 bits per heavy atom. The molecule has 26 heavy (non-hydrogen) atoms. The second-order valence-electron chi connectivity index (χ2n) is 5.99. The lowest BCUT2D eigenvalue weighted by Crippen LogP contribution is -2.27. The molecule has 4 nitrogen and oxygen atoms in total. The van der Waals surface area contributed by atoms with E-state index in [0.717, 1.165) is 34.0 Å². The van der Waals surface area contributed by atoms with Crippen molar-refractivity contribution in [2.45, 2.75) is 6.54 Å². The van der Waals surface area contributed by atoms with E-state index >= 15 is 0 Å². The first-order chi connectivity index (χ1) is 12.3. The molecule has 2 aromatic carbocycles. The van der Waals surface area contributed by atoms with Gasteiger partial charge in [0, 0.05) is 24.8 Å². The number of carbonyl (C=O) groups excluding carboxylic acids is 2. The van der Waals surface area contributed by atoms with Crippen LogP contribution in [0, 0.1) is 5.82 Å². The van der Waals surface area contributed by atoms with Crippen LogP contribution in [0.25, 0.3) is 6.08 Å². The maximum atomic E-state index is 13.1. The average molecular weight is 391 g/mol. The summed E-state index contributed by atoms with van der Waals surface area (Å²) >= 11 is 6.88. The van der Waals surface area contributed by atoms with Crippen molar-refractivity contribution in [1.29, 1.82) is 0 Å². The molecule has 2 amide bonds. The van der Waals surface area contributed by atoms with Gasteiger partial charge in [0.05, 0.1) is 11.4 Å². The predicted molar refractivity (Wildman–Crippen MR) is 104 cm³/mol. The van der Waals surface area contributed by atoms with E-state index in [0.29, 0.717) is 10.5 Å². The summed E-state index contributed by atoms with van der Waals surface area (Å²) in [6, 6.07) is 11.5. The number of nitrogens with zero attached hydrogens (tertiary/aromatic N) is 2. The van der Waals surface area contributed by atoms with Gasteiger partial charge in [-0.05, 0) is 53.2 Å². The summed E-state index contributed by atoms with van der Waals surface area (Å²) in [4.78, 5) is 28.2. The number of thioether (sulfide) groups is 1. The summed E-state index contributed by atoms with van der Waals surface area (Å²) in [6.45, 7) is 0.0146. The van der Waals surface area contributed by atoms with Crippen LogP contribution in [0.5, 0.6) is 0 Å². The molecule has 3 rings (SSSR count). The van der Waals surface area contributed by atoms with Gasteiger partial charge in [-0.3, -0.25) is 14.5 Å². The molecule has 1 aliphatic rings. The first-order valence-corrected chi connectivity index (χ1v) is 9.01. The van der Waals surface area contributed by atoms with Crippen LogP contribution >= 0.6 is 23.4 Å². The summed E-state index contributed by atoms with van der Waals surface area (Å²) < 4.78 is 13.1. The maximum absolute atomic E-state index is 13.1. The van der Waals surface area contributed by atoms with Gasteiger partial charge in [0.2, 0.25) is 0 Å². The van der Waals surface area contributed by atoms with Gasteiger partial charge in [-0.1, -0.05) is 29.8 Å². The standard InChI is InChI=1S/C19H16ClFN2O2S/c1-22(2)15-7-3-12(4-8-15)9-17-18(24)23(19(25)26-17)11-13-5-6-14(21)10-16(13)20/h3-10H,11H2,1-2H3/b17-9+. The number of rotatable bonds is 4. The maximum Gasteiger partial charge on any atom is 0.293 e. The minimum Gasteiger partial charge on any atom is -0.378 e. The van der Waals surface area contributed by atoms with E-state index in [-0.39, 0.29) is 22.7 Å². The highest BCUT2D eigenvalue weighted by molar-refractivity contribution is 8.18. The van der Waals surface area contributed by atoms with Crippen LogP contribution in [0.4, 0.5) is 14.9 Å². The number of amides is 2. The quantitative estimate of drug-likeness (QED) is 0.704. The molecule has 1 heterocycles. The SMILES string of the molecule is CN(C)c1ccc(/C=C2/SC(=O)N(Cc3ccc(F)cc3Cl)C2=O)cc1. The van der Waals surface area contributed by atoms with Crippen molar-refractivity contribution in [2.24, 2.45) is 0 Å². The second kappa shape index (κ2) is 7.51. The number of carbonyl (C=O) groups is 2. The van der Waals surface area contributed by atoms with Crippen molar-refractivity contribution in [3.8, 4) is 0 Å². The molecule has 0 N–H and O–H groups in total. The van der Waals surface area contributed by atoms with Crippen LogP contribution in [0.2, 0.25) is 5.02 Å². The van der Waals surface area contributed by atoms with Gasteiger partial charge in [0.1, 0.15) is 5.82 Å². The minimum absolute atomic E-state index is 0.0146. The van der Waals surface area contributed by atoms with Crippen molar-refractivity contribution in [2.75, 3.05) is 19.0 Å². The molecule has 7 heteroatoms. The summed E-state index contributed by atoms with van der Waals surface area (Å²) in [6.07, 6.45) is 1.69. The lowest BCUT2D eigenvalue weighted by Gasteiger charge is -2.13. The molecule has 0 bridgehead atoms. The Bertz CT molecular complexity index is 897. The molecule has 0 saturated carbocycles. The predicted octanol–water partition coefficient (Wildman–Crippen LogP) is 4.78. The highest BCUT2D eigenvalue weighted by Gasteiger charge is 2.35. The molecular formula is C19H16ClFN2O2S. The molecule has 0 unspecified atom stereocenters. The van der Waals surface area contributed by atoms with Crippen LogP contribution in [0.3, 0.4) is 0 Å². The largest absolute Gasteiger partial charge is 0.378 e. The summed E-state index contributed by atoms with van der Waals surface area (Å²) in [5.41, 5.74) is 2.40. The third-order valence-electron chi connectivity index (χ3n) is 3.92. The third kappa shape index (κ3) is 3.92. The summed E-state index contributed by atoms with van der Waals surface area (Å²) in [5.74, 6) is -0.842. The van der Waals surface area contributed by atoms with E-state index in [1.165, 1.54) is 12.1 Å². The van der Waals surface area contributed by atoms with Gasteiger partial charge in [-0.25, -0.2) is 4.39 Å². The van der Waals surface area contributed by atoms with Crippen LogP contribution < -0.4 is 4.90 Å². The lowest BCUT2D eigenvalue weighted by atomic mass is 10.1. The van der Waals surface area contributed by atoms with Gasteiger partial charge in [0.15, 0.2) is 0 Å². The number of hydrogen-bond acceptors (Lipinski definition) is 4. The Labute approximate surface area is 160 Å². The highest BCUT2D eigenvalue weighted by atomic mass is 35.5. The number of hydrogen-bond donors (Lipinski definition) is 0. The van der Waals surface area contributed by atoms with Crippen molar-refractivity contribution >= 4 is 46.3 Å². The highest BCUT2D eigenvalue weighted by Crippen LogP contribution is 2.34. The fourth-order valence-corrected chi connectivity index (χ4v) is 3.54. The minimum atomic E-state index is -0.464. The molecule has 1 aliphatic heterocycles. The smallest absolute Gasteiger partial charge is 0.293 e. The fourth-order valence-electron chi connectivity index (χ4n) is 2.48. The molecule has 0 atom stereocenters. The molecular weight excluding hydrogens is 375 g/mol. The number of anilines is 1. The monoisotopic (exact) mass is 390 g/mol. The van der Waals surface area contributed by atoms with E-state index in [1.807, 2.05) is 43.3 Å². The molecule has 0 spiro atoms. The topological polar surface area (TPSA) is 40.6 Å². The Morgan fingerprint density at radius 3 is 2.46 bits per heavy atom. The summed E-state index contributed by atoms with van der Waals surface area (Å²) in [7, 11) is 3.89. The third-order valence-corrected chi connectivity index (χ3v) is 5.18. The van der Waals surface area contributed by atoms with Crippen LogP contribution in [0.15, 0.2) is 47.4 Å². The van der Waals surface area contributed by atoms with E-state index in [4.69, 9.17) is 11.6 Å². The molecule has 134 valence electrons. The zero-order valence-electron chi connectivity index (χ0n) is 14.2. The zero-order valence-corrected chi connectivity index (χ0v) is 15.8. The number of imide groups is 1.